The van der Waals surface area contributed by atoms with Gasteiger partial charge in [-0.3, -0.25) is 9.59 Å². The van der Waals surface area contributed by atoms with E-state index in [1.807, 2.05) is 0 Å². The fourth-order valence-electron chi connectivity index (χ4n) is 1.57. The zero-order valence-electron chi connectivity index (χ0n) is 12.0. The summed E-state index contributed by atoms with van der Waals surface area (Å²) in [6.07, 6.45) is 1.51. The third-order valence-electron chi connectivity index (χ3n) is 2.78. The lowest BCUT2D eigenvalue weighted by Crippen LogP contribution is -2.38. The molecular weight excluding hydrogens is 292 g/mol. The molecule has 0 atom stereocenters. The number of nitrogens with zero attached hydrogens (tertiary/aromatic N) is 1. The van der Waals surface area contributed by atoms with Gasteiger partial charge in [-0.05, 0) is 19.1 Å². The summed E-state index contributed by atoms with van der Waals surface area (Å²) in [6.45, 7) is 4.85. The summed E-state index contributed by atoms with van der Waals surface area (Å²) in [7, 11) is -2.45. The van der Waals surface area contributed by atoms with Gasteiger partial charge in [-0.1, -0.05) is 18.2 Å². The SMILES string of the molecule is C=CCNC(=O)CN(C)S(=O)(=O)c1ccc(C(C)=O)cc1. The van der Waals surface area contributed by atoms with Gasteiger partial charge in [0.25, 0.3) is 0 Å². The molecule has 1 rings (SSSR count). The molecule has 0 saturated heterocycles. The van der Waals surface area contributed by atoms with Gasteiger partial charge in [0.15, 0.2) is 5.78 Å². The van der Waals surface area contributed by atoms with Crippen molar-refractivity contribution in [1.29, 1.82) is 0 Å². The maximum Gasteiger partial charge on any atom is 0.243 e. The lowest BCUT2D eigenvalue weighted by atomic mass is 10.2. The van der Waals surface area contributed by atoms with Crippen LogP contribution in [0.25, 0.3) is 0 Å². The maximum atomic E-state index is 12.3. The minimum Gasteiger partial charge on any atom is -0.351 e. The van der Waals surface area contributed by atoms with Crippen LogP contribution in [0.4, 0.5) is 0 Å². The molecule has 0 aliphatic rings. The highest BCUT2D eigenvalue weighted by molar-refractivity contribution is 7.89. The molecule has 0 aliphatic heterocycles. The van der Waals surface area contributed by atoms with Crippen LogP contribution < -0.4 is 5.32 Å². The molecule has 21 heavy (non-hydrogen) atoms. The number of hydrogen-bond acceptors (Lipinski definition) is 4. The summed E-state index contributed by atoms with van der Waals surface area (Å²) >= 11 is 0. The van der Waals surface area contributed by atoms with E-state index in [0.717, 1.165) is 4.31 Å². The summed E-state index contributed by atoms with van der Waals surface area (Å²) < 4.78 is 25.5. The van der Waals surface area contributed by atoms with Crippen molar-refractivity contribution in [2.45, 2.75) is 11.8 Å². The van der Waals surface area contributed by atoms with Gasteiger partial charge < -0.3 is 5.32 Å². The van der Waals surface area contributed by atoms with E-state index in [2.05, 4.69) is 11.9 Å². The molecule has 0 aromatic heterocycles. The van der Waals surface area contributed by atoms with E-state index < -0.39 is 15.9 Å². The number of nitrogens with one attached hydrogen (secondary N) is 1. The molecule has 114 valence electrons. The molecule has 6 nitrogen and oxygen atoms in total. The Morgan fingerprint density at radius 3 is 2.33 bits per heavy atom. The number of hydrogen-bond donors (Lipinski definition) is 1. The number of sulfonamides is 1. The van der Waals surface area contributed by atoms with Crippen molar-refractivity contribution >= 4 is 21.7 Å². The molecule has 0 radical (unpaired) electrons. The summed E-state index contributed by atoms with van der Waals surface area (Å²) in [6, 6.07) is 5.59. The van der Waals surface area contributed by atoms with E-state index >= 15 is 0 Å². The second-order valence-electron chi connectivity index (χ2n) is 4.43. The first kappa shape index (κ1) is 17.1. The van der Waals surface area contributed by atoms with Gasteiger partial charge in [0, 0.05) is 19.2 Å². The molecule has 0 heterocycles. The number of Topliss-reactive ketones (excluding diaryl/α,β-unsaturated/α-hetero) is 1. The topological polar surface area (TPSA) is 83.6 Å². The van der Waals surface area contributed by atoms with Gasteiger partial charge in [-0.15, -0.1) is 6.58 Å². The Labute approximate surface area is 124 Å². The zero-order valence-corrected chi connectivity index (χ0v) is 12.8. The van der Waals surface area contributed by atoms with Crippen molar-refractivity contribution in [3.63, 3.8) is 0 Å². The van der Waals surface area contributed by atoms with Crippen molar-refractivity contribution in [3.8, 4) is 0 Å². The van der Waals surface area contributed by atoms with Crippen LogP contribution in [-0.4, -0.2) is 44.6 Å². The van der Waals surface area contributed by atoms with Crippen LogP contribution in [-0.2, 0) is 14.8 Å². The second kappa shape index (κ2) is 7.14. The van der Waals surface area contributed by atoms with Crippen molar-refractivity contribution < 1.29 is 18.0 Å². The quantitative estimate of drug-likeness (QED) is 0.597. The van der Waals surface area contributed by atoms with Crippen molar-refractivity contribution in [3.05, 3.63) is 42.5 Å². The van der Waals surface area contributed by atoms with Crippen molar-refractivity contribution in [2.75, 3.05) is 20.1 Å². The maximum absolute atomic E-state index is 12.3. The molecule has 0 aliphatic carbocycles. The number of amides is 1. The van der Waals surface area contributed by atoms with Crippen LogP contribution in [0.15, 0.2) is 41.8 Å². The van der Waals surface area contributed by atoms with Gasteiger partial charge in [0.05, 0.1) is 11.4 Å². The van der Waals surface area contributed by atoms with E-state index in [9.17, 15) is 18.0 Å². The highest BCUT2D eigenvalue weighted by Gasteiger charge is 2.22. The van der Waals surface area contributed by atoms with E-state index in [1.54, 1.807) is 0 Å². The predicted molar refractivity (Wildman–Crippen MR) is 79.5 cm³/mol. The summed E-state index contributed by atoms with van der Waals surface area (Å²) in [5.41, 5.74) is 0.431. The fraction of sp³-hybridized carbons (Fsp3) is 0.286. The minimum atomic E-state index is -3.77. The van der Waals surface area contributed by atoms with Crippen LogP contribution in [0.2, 0.25) is 0 Å². The molecule has 1 aromatic rings. The Kier molecular flexibility index (Phi) is 5.80. The molecule has 1 N–H and O–H groups in total. The van der Waals surface area contributed by atoms with E-state index in [1.165, 1.54) is 44.3 Å². The zero-order chi connectivity index (χ0) is 16.0. The molecule has 1 amide bonds. The molecule has 1 aromatic carbocycles. The lowest BCUT2D eigenvalue weighted by Gasteiger charge is -2.16. The van der Waals surface area contributed by atoms with Crippen LogP contribution >= 0.6 is 0 Å². The highest BCUT2D eigenvalue weighted by Crippen LogP contribution is 2.15. The molecular formula is C14H18N2O4S. The Balaban J connectivity index is 2.86. The molecule has 0 spiro atoms. The monoisotopic (exact) mass is 310 g/mol. The molecule has 0 saturated carbocycles. The smallest absolute Gasteiger partial charge is 0.243 e. The summed E-state index contributed by atoms with van der Waals surface area (Å²) in [5, 5.41) is 2.50. The van der Waals surface area contributed by atoms with Crippen LogP contribution in [0.5, 0.6) is 0 Å². The fourth-order valence-corrected chi connectivity index (χ4v) is 2.70. The summed E-state index contributed by atoms with van der Waals surface area (Å²) in [5.74, 6) is -0.558. The summed E-state index contributed by atoms with van der Waals surface area (Å²) in [4.78, 5) is 22.7. The normalized spacial score (nSPS) is 11.2. The molecule has 0 bridgehead atoms. The van der Waals surface area contributed by atoms with E-state index in [4.69, 9.17) is 0 Å². The largest absolute Gasteiger partial charge is 0.351 e. The van der Waals surface area contributed by atoms with Gasteiger partial charge in [-0.25, -0.2) is 8.42 Å². The third-order valence-corrected chi connectivity index (χ3v) is 4.60. The number of ketones is 1. The first-order chi connectivity index (χ1) is 9.78. The van der Waals surface area contributed by atoms with Crippen molar-refractivity contribution in [1.82, 2.24) is 9.62 Å². The average Bonchev–Trinajstić information content (AvgIpc) is 2.45. The first-order valence-corrected chi connectivity index (χ1v) is 7.68. The Morgan fingerprint density at radius 1 is 1.29 bits per heavy atom. The Hall–Kier alpha value is -1.99. The predicted octanol–water partition coefficient (Wildman–Crippen LogP) is 0.812. The Morgan fingerprint density at radius 2 is 1.86 bits per heavy atom. The van der Waals surface area contributed by atoms with Crippen LogP contribution in [0, 0.1) is 0 Å². The van der Waals surface area contributed by atoms with Gasteiger partial charge >= 0.3 is 0 Å². The van der Waals surface area contributed by atoms with Crippen LogP contribution in [0.1, 0.15) is 17.3 Å². The standard InChI is InChI=1S/C14H18N2O4S/c1-4-9-15-14(18)10-16(3)21(19,20)13-7-5-12(6-8-13)11(2)17/h4-8H,1,9-10H2,2-3H3,(H,15,18). The van der Waals surface area contributed by atoms with E-state index in [0.29, 0.717) is 5.56 Å². The minimum absolute atomic E-state index is 0.0338. The van der Waals surface area contributed by atoms with Crippen molar-refractivity contribution in [2.24, 2.45) is 0 Å². The first-order valence-electron chi connectivity index (χ1n) is 6.24. The molecule has 0 fully saturated rings. The van der Waals surface area contributed by atoms with E-state index in [-0.39, 0.29) is 23.8 Å². The number of carbonyl (C=O) groups is 2. The third kappa shape index (κ3) is 4.51. The Bertz CT molecular complexity index is 635. The van der Waals surface area contributed by atoms with Crippen LogP contribution in [0.3, 0.4) is 0 Å². The number of rotatable bonds is 7. The highest BCUT2D eigenvalue weighted by atomic mass is 32.2. The number of benzene rings is 1. The van der Waals surface area contributed by atoms with Gasteiger partial charge in [0.2, 0.25) is 15.9 Å². The number of carbonyl (C=O) groups excluding carboxylic acids is 2. The second-order valence-corrected chi connectivity index (χ2v) is 6.48. The van der Waals surface area contributed by atoms with Gasteiger partial charge in [0.1, 0.15) is 0 Å². The molecule has 0 unspecified atom stereocenters. The number of likely N-dealkylation sites (N-methyl/N-ethyl adjacent to an activating group) is 1. The average molecular weight is 310 g/mol. The molecule has 7 heteroatoms. The lowest BCUT2D eigenvalue weighted by molar-refractivity contribution is -0.120. The van der Waals surface area contributed by atoms with Gasteiger partial charge in [-0.2, -0.15) is 4.31 Å².